The topological polar surface area (TPSA) is 49.4 Å². The number of nitrogens with one attached hydrogen (secondary N) is 1. The minimum Gasteiger partial charge on any atom is -0.294 e. The van der Waals surface area contributed by atoms with E-state index >= 15 is 0 Å². The van der Waals surface area contributed by atoms with Gasteiger partial charge in [-0.3, -0.25) is 19.8 Å². The summed E-state index contributed by atoms with van der Waals surface area (Å²) in [7, 11) is 0. The van der Waals surface area contributed by atoms with Crippen LogP contribution in [0.2, 0.25) is 0 Å². The lowest BCUT2D eigenvalue weighted by molar-refractivity contribution is -0.136. The summed E-state index contributed by atoms with van der Waals surface area (Å²) >= 11 is 1.89. The second kappa shape index (κ2) is 4.75. The Morgan fingerprint density at radius 1 is 1.25 bits per heavy atom. The number of hydrogen-bond donors (Lipinski definition) is 1. The largest absolute Gasteiger partial charge is 0.294 e. The highest BCUT2D eigenvalue weighted by Gasteiger charge is 2.36. The number of carbonyl (C=O) groups excluding carboxylic acids is 2. The maximum absolute atomic E-state index is 11.3. The first-order valence-corrected chi connectivity index (χ1v) is 6.96. The minimum absolute atomic E-state index is 0.162. The molecule has 0 aromatic heterocycles. The summed E-state index contributed by atoms with van der Waals surface area (Å²) in [6.45, 7) is 1.61. The molecule has 2 rings (SSSR count). The van der Waals surface area contributed by atoms with E-state index in [-0.39, 0.29) is 16.6 Å². The van der Waals surface area contributed by atoms with E-state index in [0.717, 1.165) is 6.54 Å². The highest BCUT2D eigenvalue weighted by Crippen LogP contribution is 2.40. The van der Waals surface area contributed by atoms with Gasteiger partial charge in [0.15, 0.2) is 0 Å². The van der Waals surface area contributed by atoms with Crippen LogP contribution in [0, 0.1) is 0 Å². The molecule has 90 valence electrons. The maximum atomic E-state index is 11.3. The molecule has 0 radical (unpaired) electrons. The summed E-state index contributed by atoms with van der Waals surface area (Å²) in [6, 6.07) is 0. The van der Waals surface area contributed by atoms with Crippen LogP contribution in [0.3, 0.4) is 0 Å². The summed E-state index contributed by atoms with van der Waals surface area (Å²) in [6.07, 6.45) is 7.10. The van der Waals surface area contributed by atoms with Crippen molar-refractivity contribution in [2.75, 3.05) is 25.9 Å². The standard InChI is InChI=1S/C11H18N2O2S/c1-16-11(4-2-3-5-11)8-13-6-9(14)12-10(15)7-13/h2-8H2,1H3,(H,12,14,15). The lowest BCUT2D eigenvalue weighted by atomic mass is 10.1. The first-order chi connectivity index (χ1) is 7.63. The quantitative estimate of drug-likeness (QED) is 0.737. The molecule has 1 saturated carbocycles. The predicted octanol–water partition coefficient (Wildman–Crippen LogP) is 0.621. The van der Waals surface area contributed by atoms with Gasteiger partial charge in [-0.15, -0.1) is 0 Å². The van der Waals surface area contributed by atoms with E-state index in [1.807, 2.05) is 16.7 Å². The Morgan fingerprint density at radius 2 is 1.81 bits per heavy atom. The van der Waals surface area contributed by atoms with Crippen LogP contribution in [0.4, 0.5) is 0 Å². The highest BCUT2D eigenvalue weighted by atomic mass is 32.2. The third-order valence-corrected chi connectivity index (χ3v) is 4.88. The van der Waals surface area contributed by atoms with Crippen LogP contribution in [0.25, 0.3) is 0 Å². The molecule has 4 nitrogen and oxygen atoms in total. The monoisotopic (exact) mass is 242 g/mol. The molecule has 0 unspecified atom stereocenters. The molecule has 16 heavy (non-hydrogen) atoms. The van der Waals surface area contributed by atoms with E-state index in [4.69, 9.17) is 0 Å². The van der Waals surface area contributed by atoms with Gasteiger partial charge in [0.1, 0.15) is 0 Å². The molecule has 0 atom stereocenters. The molecule has 2 aliphatic rings. The minimum atomic E-state index is -0.162. The van der Waals surface area contributed by atoms with E-state index in [0.29, 0.717) is 13.1 Å². The Balaban J connectivity index is 1.97. The lowest BCUT2D eigenvalue weighted by Crippen LogP contribution is -2.54. The lowest BCUT2D eigenvalue weighted by Gasteiger charge is -2.35. The number of imide groups is 1. The first kappa shape index (κ1) is 11.9. The molecule has 1 saturated heterocycles. The normalized spacial score (nSPS) is 25.8. The van der Waals surface area contributed by atoms with Crippen molar-refractivity contribution in [3.63, 3.8) is 0 Å². The zero-order valence-electron chi connectivity index (χ0n) is 9.62. The number of rotatable bonds is 3. The van der Waals surface area contributed by atoms with Gasteiger partial charge in [-0.25, -0.2) is 0 Å². The Morgan fingerprint density at radius 3 is 2.31 bits per heavy atom. The maximum Gasteiger partial charge on any atom is 0.240 e. The zero-order valence-corrected chi connectivity index (χ0v) is 10.4. The van der Waals surface area contributed by atoms with Crippen LogP contribution < -0.4 is 5.32 Å². The van der Waals surface area contributed by atoms with Crippen molar-refractivity contribution in [3.05, 3.63) is 0 Å². The molecular formula is C11H18N2O2S. The van der Waals surface area contributed by atoms with Gasteiger partial charge < -0.3 is 0 Å². The molecule has 5 heteroatoms. The average molecular weight is 242 g/mol. The Hall–Kier alpha value is -0.550. The fourth-order valence-electron chi connectivity index (χ4n) is 2.66. The number of thioether (sulfide) groups is 1. The number of nitrogens with zero attached hydrogens (tertiary/aromatic N) is 1. The summed E-state index contributed by atoms with van der Waals surface area (Å²) in [5.41, 5.74) is 0. The second-order valence-electron chi connectivity index (χ2n) is 4.71. The van der Waals surface area contributed by atoms with E-state index in [2.05, 4.69) is 11.6 Å². The third-order valence-electron chi connectivity index (χ3n) is 3.47. The first-order valence-electron chi connectivity index (χ1n) is 5.74. The molecule has 1 aliphatic carbocycles. The third kappa shape index (κ3) is 2.58. The summed E-state index contributed by atoms with van der Waals surface area (Å²) < 4.78 is 0.276. The molecule has 2 fully saturated rings. The van der Waals surface area contributed by atoms with Crippen LogP contribution in [-0.2, 0) is 9.59 Å². The van der Waals surface area contributed by atoms with Gasteiger partial charge in [0.25, 0.3) is 0 Å². The molecule has 2 amide bonds. The van der Waals surface area contributed by atoms with Gasteiger partial charge in [0, 0.05) is 11.3 Å². The summed E-state index contributed by atoms with van der Waals surface area (Å²) in [5, 5.41) is 2.34. The van der Waals surface area contributed by atoms with Crippen molar-refractivity contribution in [1.82, 2.24) is 10.2 Å². The molecule has 1 aliphatic heterocycles. The smallest absolute Gasteiger partial charge is 0.240 e. The highest BCUT2D eigenvalue weighted by molar-refractivity contribution is 8.00. The number of piperazine rings is 1. The molecule has 0 aromatic carbocycles. The second-order valence-corrected chi connectivity index (χ2v) is 5.99. The van der Waals surface area contributed by atoms with Crippen LogP contribution in [0.15, 0.2) is 0 Å². The molecule has 0 spiro atoms. The van der Waals surface area contributed by atoms with Gasteiger partial charge in [-0.05, 0) is 19.1 Å². The van der Waals surface area contributed by atoms with Crippen LogP contribution in [0.5, 0.6) is 0 Å². The van der Waals surface area contributed by atoms with E-state index < -0.39 is 0 Å². The average Bonchev–Trinajstić information content (AvgIpc) is 2.65. The summed E-state index contributed by atoms with van der Waals surface area (Å²) in [5.74, 6) is -0.323. The molecule has 0 aromatic rings. The molecule has 1 N–H and O–H groups in total. The zero-order chi connectivity index (χ0) is 11.6. The van der Waals surface area contributed by atoms with Crippen molar-refractivity contribution in [1.29, 1.82) is 0 Å². The van der Waals surface area contributed by atoms with Crippen molar-refractivity contribution in [2.45, 2.75) is 30.4 Å². The van der Waals surface area contributed by atoms with Crippen LogP contribution >= 0.6 is 11.8 Å². The van der Waals surface area contributed by atoms with Gasteiger partial charge in [0.05, 0.1) is 13.1 Å². The van der Waals surface area contributed by atoms with Gasteiger partial charge in [-0.1, -0.05) is 12.8 Å². The summed E-state index contributed by atoms with van der Waals surface area (Å²) in [4.78, 5) is 24.5. The Kier molecular flexibility index (Phi) is 3.54. The van der Waals surface area contributed by atoms with Crippen LogP contribution in [-0.4, -0.2) is 47.4 Å². The number of amides is 2. The fraction of sp³-hybridized carbons (Fsp3) is 0.818. The van der Waals surface area contributed by atoms with Gasteiger partial charge in [0.2, 0.25) is 11.8 Å². The van der Waals surface area contributed by atoms with Crippen molar-refractivity contribution >= 4 is 23.6 Å². The molecule has 1 heterocycles. The SMILES string of the molecule is CSC1(CN2CC(=O)NC(=O)C2)CCCC1. The van der Waals surface area contributed by atoms with Gasteiger partial charge >= 0.3 is 0 Å². The fourth-order valence-corrected chi connectivity index (χ4v) is 3.67. The van der Waals surface area contributed by atoms with Crippen molar-refractivity contribution < 1.29 is 9.59 Å². The van der Waals surface area contributed by atoms with Crippen LogP contribution in [0.1, 0.15) is 25.7 Å². The Bertz CT molecular complexity index is 284. The molecular weight excluding hydrogens is 224 g/mol. The Labute approximate surface area is 100 Å². The van der Waals surface area contributed by atoms with Gasteiger partial charge in [-0.2, -0.15) is 11.8 Å². The molecule has 0 bridgehead atoms. The van der Waals surface area contributed by atoms with E-state index in [1.54, 1.807) is 0 Å². The predicted molar refractivity (Wildman–Crippen MR) is 64.3 cm³/mol. The van der Waals surface area contributed by atoms with E-state index in [9.17, 15) is 9.59 Å². The number of hydrogen-bond acceptors (Lipinski definition) is 4. The van der Waals surface area contributed by atoms with Crippen molar-refractivity contribution in [3.8, 4) is 0 Å². The van der Waals surface area contributed by atoms with E-state index in [1.165, 1.54) is 25.7 Å². The number of carbonyl (C=O) groups is 2. The van der Waals surface area contributed by atoms with Crippen molar-refractivity contribution in [2.24, 2.45) is 0 Å².